The number of nitrogens with zero attached hydrogens (tertiary/aromatic N) is 4. The van der Waals surface area contributed by atoms with E-state index < -0.39 is 17.6 Å². The highest BCUT2D eigenvalue weighted by atomic mass is 19.4. The molecule has 0 bridgehead atoms. The van der Waals surface area contributed by atoms with E-state index in [0.29, 0.717) is 17.0 Å². The Labute approximate surface area is 196 Å². The van der Waals surface area contributed by atoms with Crippen LogP contribution in [-0.4, -0.2) is 38.4 Å². The third-order valence-corrected chi connectivity index (χ3v) is 5.60. The molecule has 0 amide bonds. The Hall–Kier alpha value is -2.98. The second-order valence-electron chi connectivity index (χ2n) is 9.39. The molecular weight excluding hydrogens is 445 g/mol. The van der Waals surface area contributed by atoms with Crippen LogP contribution in [0.1, 0.15) is 56.6 Å². The summed E-state index contributed by atoms with van der Waals surface area (Å²) in [5.74, 6) is -0.568. The molecule has 0 radical (unpaired) electrons. The van der Waals surface area contributed by atoms with Gasteiger partial charge in [-0.25, -0.2) is 0 Å². The number of hydrogen-bond donors (Lipinski definition) is 2. The zero-order valence-corrected chi connectivity index (χ0v) is 19.4. The van der Waals surface area contributed by atoms with E-state index >= 15 is 0 Å². The van der Waals surface area contributed by atoms with Crippen molar-refractivity contribution in [1.82, 2.24) is 30.8 Å². The maximum atomic E-state index is 13.4. The van der Waals surface area contributed by atoms with E-state index in [1.165, 1.54) is 11.6 Å². The van der Waals surface area contributed by atoms with Crippen LogP contribution in [0.25, 0.3) is 5.69 Å². The van der Waals surface area contributed by atoms with E-state index in [1.807, 2.05) is 39.0 Å². The van der Waals surface area contributed by atoms with Crippen molar-refractivity contribution in [3.63, 3.8) is 0 Å². The van der Waals surface area contributed by atoms with Gasteiger partial charge < -0.3 is 15.4 Å². The van der Waals surface area contributed by atoms with Gasteiger partial charge in [-0.05, 0) is 74.3 Å². The molecule has 10 heteroatoms. The van der Waals surface area contributed by atoms with Crippen molar-refractivity contribution in [1.29, 1.82) is 0 Å². The average Bonchev–Trinajstić information content (AvgIpc) is 3.29. The van der Waals surface area contributed by atoms with Crippen molar-refractivity contribution in [3.05, 3.63) is 65.5 Å². The minimum atomic E-state index is -4.67. The van der Waals surface area contributed by atoms with Crippen molar-refractivity contribution >= 4 is 0 Å². The molecular formula is C24H29F3N6O. The zero-order valence-electron chi connectivity index (χ0n) is 19.4. The third kappa shape index (κ3) is 5.74. The lowest BCUT2D eigenvalue weighted by molar-refractivity contribution is -0.146. The van der Waals surface area contributed by atoms with Gasteiger partial charge in [0.1, 0.15) is 11.4 Å². The van der Waals surface area contributed by atoms with Crippen molar-refractivity contribution < 1.29 is 17.9 Å². The quantitative estimate of drug-likeness (QED) is 0.550. The molecule has 0 saturated carbocycles. The fraction of sp³-hybridized carbons (Fsp3) is 0.458. The third-order valence-electron chi connectivity index (χ3n) is 5.60. The molecule has 2 heterocycles. The largest absolute Gasteiger partial charge is 0.488 e. The van der Waals surface area contributed by atoms with Gasteiger partial charge in [-0.15, -0.1) is 5.10 Å². The molecule has 1 saturated heterocycles. The minimum Gasteiger partial charge on any atom is -0.488 e. The van der Waals surface area contributed by atoms with Gasteiger partial charge in [0.15, 0.2) is 0 Å². The van der Waals surface area contributed by atoms with Crippen molar-refractivity contribution in [2.45, 2.75) is 64.0 Å². The molecule has 1 aliphatic heterocycles. The molecule has 4 rings (SSSR count). The molecule has 1 fully saturated rings. The Bertz CT molecular complexity index is 1090. The Balaban J connectivity index is 1.62. The molecule has 34 heavy (non-hydrogen) atoms. The van der Waals surface area contributed by atoms with Gasteiger partial charge in [0.25, 0.3) is 5.82 Å². The molecule has 2 N–H and O–H groups in total. The Kier molecular flexibility index (Phi) is 6.90. The number of alkyl halides is 3. The maximum Gasteiger partial charge on any atom is 0.453 e. The van der Waals surface area contributed by atoms with Crippen LogP contribution >= 0.6 is 0 Å². The Morgan fingerprint density at radius 1 is 1.12 bits per heavy atom. The zero-order chi connectivity index (χ0) is 24.3. The summed E-state index contributed by atoms with van der Waals surface area (Å²) >= 11 is 0. The smallest absolute Gasteiger partial charge is 0.453 e. The summed E-state index contributed by atoms with van der Waals surface area (Å²) in [5.41, 5.74) is 1.68. The van der Waals surface area contributed by atoms with E-state index in [1.54, 1.807) is 12.1 Å². The highest BCUT2D eigenvalue weighted by molar-refractivity contribution is 5.44. The van der Waals surface area contributed by atoms with Gasteiger partial charge in [0.2, 0.25) is 0 Å². The molecule has 0 aliphatic carbocycles. The van der Waals surface area contributed by atoms with Crippen LogP contribution < -0.4 is 15.4 Å². The summed E-state index contributed by atoms with van der Waals surface area (Å²) in [7, 11) is 0. The Morgan fingerprint density at radius 2 is 1.88 bits per heavy atom. The Morgan fingerprint density at radius 3 is 2.59 bits per heavy atom. The predicted octanol–water partition coefficient (Wildman–Crippen LogP) is 4.44. The molecule has 3 aromatic rings. The lowest BCUT2D eigenvalue weighted by Crippen LogP contribution is -2.45. The topological polar surface area (TPSA) is 76.9 Å². The number of ether oxygens (including phenoxy) is 1. The summed E-state index contributed by atoms with van der Waals surface area (Å²) in [6, 6.07) is 15.4. The van der Waals surface area contributed by atoms with E-state index in [2.05, 4.69) is 38.3 Å². The lowest BCUT2D eigenvalue weighted by atomic mass is 9.92. The highest BCUT2D eigenvalue weighted by Gasteiger charge is 2.38. The standard InChI is InChI=1S/C24H29F3N6O/c1-23(2,3)34-20-12-11-18(33-22(24(25,26)27)30-31-32-33)14-17(20)15-29-19-10-7-13-28-21(19)16-8-5-4-6-9-16/h4-6,8-9,11-12,14,19,21,28-29H,7,10,13,15H2,1-3H3/t19-,21-/m0/s1. The fourth-order valence-electron chi connectivity index (χ4n) is 4.16. The number of rotatable bonds is 6. The van der Waals surface area contributed by atoms with E-state index in [0.717, 1.165) is 24.9 Å². The number of aromatic nitrogens is 4. The molecule has 1 aliphatic rings. The van der Waals surface area contributed by atoms with Gasteiger partial charge in [-0.2, -0.15) is 17.9 Å². The van der Waals surface area contributed by atoms with Gasteiger partial charge >= 0.3 is 6.18 Å². The van der Waals surface area contributed by atoms with Gasteiger partial charge in [-0.3, -0.25) is 0 Å². The first kappa shape index (κ1) is 24.2. The van der Waals surface area contributed by atoms with Crippen LogP contribution in [0.15, 0.2) is 48.5 Å². The van der Waals surface area contributed by atoms with Crippen LogP contribution in [0.5, 0.6) is 5.75 Å². The second kappa shape index (κ2) is 9.71. The predicted molar refractivity (Wildman–Crippen MR) is 122 cm³/mol. The second-order valence-corrected chi connectivity index (χ2v) is 9.39. The fourth-order valence-corrected chi connectivity index (χ4v) is 4.16. The van der Waals surface area contributed by atoms with Crippen LogP contribution in [-0.2, 0) is 12.7 Å². The van der Waals surface area contributed by atoms with Crippen LogP contribution in [0.2, 0.25) is 0 Å². The SMILES string of the molecule is CC(C)(C)Oc1ccc(-n2nnnc2C(F)(F)F)cc1CN[C@H]1CCCN[C@H]1c1ccccc1. The normalized spacial score (nSPS) is 19.2. The molecule has 0 unspecified atom stereocenters. The number of hydrogen-bond acceptors (Lipinski definition) is 6. The van der Waals surface area contributed by atoms with Gasteiger partial charge in [-0.1, -0.05) is 30.3 Å². The van der Waals surface area contributed by atoms with Gasteiger partial charge in [0, 0.05) is 24.2 Å². The summed E-state index contributed by atoms with van der Waals surface area (Å²) in [4.78, 5) is 0. The number of nitrogens with one attached hydrogen (secondary N) is 2. The van der Waals surface area contributed by atoms with Crippen molar-refractivity contribution in [3.8, 4) is 11.4 Å². The first-order valence-corrected chi connectivity index (χ1v) is 11.3. The molecule has 182 valence electrons. The summed E-state index contributed by atoms with van der Waals surface area (Å²) in [5, 5.41) is 17.1. The highest BCUT2D eigenvalue weighted by Crippen LogP contribution is 2.31. The van der Waals surface area contributed by atoms with E-state index in [-0.39, 0.29) is 17.8 Å². The van der Waals surface area contributed by atoms with Crippen LogP contribution in [0.3, 0.4) is 0 Å². The van der Waals surface area contributed by atoms with E-state index in [4.69, 9.17) is 4.74 Å². The number of tetrazole rings is 1. The molecule has 0 spiro atoms. The first-order valence-electron chi connectivity index (χ1n) is 11.3. The minimum absolute atomic E-state index is 0.140. The maximum absolute atomic E-state index is 13.4. The summed E-state index contributed by atoms with van der Waals surface area (Å²) in [6.45, 7) is 7.14. The van der Waals surface area contributed by atoms with Crippen LogP contribution in [0.4, 0.5) is 13.2 Å². The lowest BCUT2D eigenvalue weighted by Gasteiger charge is -2.34. The number of benzene rings is 2. The van der Waals surface area contributed by atoms with Crippen molar-refractivity contribution in [2.75, 3.05) is 6.54 Å². The first-order chi connectivity index (χ1) is 16.1. The molecule has 2 atom stereocenters. The average molecular weight is 475 g/mol. The van der Waals surface area contributed by atoms with Gasteiger partial charge in [0.05, 0.1) is 5.69 Å². The summed E-state index contributed by atoms with van der Waals surface area (Å²) < 4.78 is 46.9. The molecule has 7 nitrogen and oxygen atoms in total. The monoisotopic (exact) mass is 474 g/mol. The van der Waals surface area contributed by atoms with E-state index in [9.17, 15) is 13.2 Å². The number of halogens is 3. The molecule has 2 aromatic carbocycles. The van der Waals surface area contributed by atoms with Crippen LogP contribution in [0, 0.1) is 0 Å². The number of piperidine rings is 1. The van der Waals surface area contributed by atoms with Crippen molar-refractivity contribution in [2.24, 2.45) is 0 Å². The summed E-state index contributed by atoms with van der Waals surface area (Å²) in [6.07, 6.45) is -2.65. The molecule has 1 aromatic heterocycles.